The summed E-state index contributed by atoms with van der Waals surface area (Å²) >= 11 is 1.94. The number of nitrogens with one attached hydrogen (secondary N) is 1. The number of amides is 1. The molecule has 1 fully saturated rings. The highest BCUT2D eigenvalue weighted by Crippen LogP contribution is 2.26. The van der Waals surface area contributed by atoms with Gasteiger partial charge in [-0.25, -0.2) is 0 Å². The fourth-order valence-corrected chi connectivity index (χ4v) is 3.00. The van der Waals surface area contributed by atoms with E-state index in [2.05, 4.69) is 18.5 Å². The average Bonchev–Trinajstić information content (AvgIpc) is 2.37. The third kappa shape index (κ3) is 4.51. The summed E-state index contributed by atoms with van der Waals surface area (Å²) in [7, 11) is 0. The van der Waals surface area contributed by atoms with E-state index in [1.165, 1.54) is 12.8 Å². The highest BCUT2D eigenvalue weighted by molar-refractivity contribution is 7.99. The lowest BCUT2D eigenvalue weighted by atomic mass is 9.93. The molecule has 0 bridgehead atoms. The van der Waals surface area contributed by atoms with Gasteiger partial charge < -0.3 is 11.1 Å². The molecule has 0 aromatic rings. The van der Waals surface area contributed by atoms with E-state index in [-0.39, 0.29) is 17.9 Å². The molecular formula is C13H26N2OS. The lowest BCUT2D eigenvalue weighted by Crippen LogP contribution is -2.49. The molecule has 1 aliphatic carbocycles. The van der Waals surface area contributed by atoms with Crippen molar-refractivity contribution in [2.75, 3.05) is 6.26 Å². The third-order valence-corrected chi connectivity index (χ3v) is 5.05. The van der Waals surface area contributed by atoms with Crippen LogP contribution in [0.5, 0.6) is 0 Å². The van der Waals surface area contributed by atoms with Crippen LogP contribution in [0.25, 0.3) is 0 Å². The molecule has 0 heterocycles. The Labute approximate surface area is 109 Å². The van der Waals surface area contributed by atoms with Crippen LogP contribution in [-0.2, 0) is 4.79 Å². The number of carbonyl (C=O) groups is 1. The van der Waals surface area contributed by atoms with Crippen LogP contribution in [0.1, 0.15) is 46.0 Å². The molecule has 0 unspecified atom stereocenters. The van der Waals surface area contributed by atoms with E-state index in [1.807, 2.05) is 18.7 Å². The minimum absolute atomic E-state index is 0.0342. The monoisotopic (exact) mass is 258 g/mol. The summed E-state index contributed by atoms with van der Waals surface area (Å²) in [4.78, 5) is 11.9. The van der Waals surface area contributed by atoms with Crippen molar-refractivity contribution in [3.63, 3.8) is 0 Å². The maximum Gasteiger partial charge on any atom is 0.237 e. The van der Waals surface area contributed by atoms with Crippen LogP contribution >= 0.6 is 11.8 Å². The number of nitrogens with two attached hydrogens (primary N) is 1. The SMILES string of the molecule is CC[C@H](C)[C@H](N)C(=O)NC1CCC(SC)CC1. The molecule has 17 heavy (non-hydrogen) atoms. The van der Waals surface area contributed by atoms with Crippen LogP contribution in [0.15, 0.2) is 0 Å². The summed E-state index contributed by atoms with van der Waals surface area (Å²) in [6, 6.07) is -0.000667. The van der Waals surface area contributed by atoms with Gasteiger partial charge in [-0.3, -0.25) is 4.79 Å². The first-order valence-corrected chi connectivity index (χ1v) is 7.96. The summed E-state index contributed by atoms with van der Waals surface area (Å²) in [5.41, 5.74) is 5.93. The van der Waals surface area contributed by atoms with Crippen LogP contribution in [0.3, 0.4) is 0 Å². The van der Waals surface area contributed by atoms with Crippen LogP contribution in [0.2, 0.25) is 0 Å². The van der Waals surface area contributed by atoms with Gasteiger partial charge in [-0.15, -0.1) is 0 Å². The molecule has 0 radical (unpaired) electrons. The lowest BCUT2D eigenvalue weighted by Gasteiger charge is -2.29. The first-order chi connectivity index (χ1) is 8.08. The number of rotatable bonds is 5. The molecule has 100 valence electrons. The smallest absolute Gasteiger partial charge is 0.237 e. The van der Waals surface area contributed by atoms with Crippen LogP contribution in [-0.4, -0.2) is 29.5 Å². The first-order valence-electron chi connectivity index (χ1n) is 6.67. The van der Waals surface area contributed by atoms with Gasteiger partial charge in [-0.05, 0) is 37.9 Å². The Morgan fingerprint density at radius 3 is 2.47 bits per heavy atom. The normalized spacial score (nSPS) is 28.5. The van der Waals surface area contributed by atoms with Crippen molar-refractivity contribution < 1.29 is 4.79 Å². The van der Waals surface area contributed by atoms with Gasteiger partial charge in [-0.1, -0.05) is 20.3 Å². The maximum atomic E-state index is 11.9. The molecule has 1 saturated carbocycles. The highest BCUT2D eigenvalue weighted by atomic mass is 32.2. The zero-order valence-corrected chi connectivity index (χ0v) is 12.1. The van der Waals surface area contributed by atoms with Crippen molar-refractivity contribution >= 4 is 17.7 Å². The second kappa shape index (κ2) is 7.27. The van der Waals surface area contributed by atoms with E-state index in [4.69, 9.17) is 5.73 Å². The lowest BCUT2D eigenvalue weighted by molar-refractivity contribution is -0.124. The Balaban J connectivity index is 2.32. The van der Waals surface area contributed by atoms with Crippen LogP contribution in [0.4, 0.5) is 0 Å². The summed E-state index contributed by atoms with van der Waals surface area (Å²) in [5, 5.41) is 3.89. The van der Waals surface area contributed by atoms with Gasteiger partial charge in [0.25, 0.3) is 0 Å². The molecule has 0 saturated heterocycles. The van der Waals surface area contributed by atoms with E-state index >= 15 is 0 Å². The van der Waals surface area contributed by atoms with E-state index in [0.717, 1.165) is 24.5 Å². The third-order valence-electron chi connectivity index (χ3n) is 3.91. The quantitative estimate of drug-likeness (QED) is 0.794. The van der Waals surface area contributed by atoms with E-state index in [0.29, 0.717) is 6.04 Å². The van der Waals surface area contributed by atoms with Gasteiger partial charge in [0.1, 0.15) is 0 Å². The van der Waals surface area contributed by atoms with Crippen molar-refractivity contribution in [3.05, 3.63) is 0 Å². The molecule has 1 amide bonds. The Hall–Kier alpha value is -0.220. The molecule has 0 aromatic carbocycles. The number of hydrogen-bond acceptors (Lipinski definition) is 3. The highest BCUT2D eigenvalue weighted by Gasteiger charge is 2.25. The van der Waals surface area contributed by atoms with Gasteiger partial charge >= 0.3 is 0 Å². The average molecular weight is 258 g/mol. The fourth-order valence-electron chi connectivity index (χ4n) is 2.25. The van der Waals surface area contributed by atoms with Crippen molar-refractivity contribution in [2.24, 2.45) is 11.7 Å². The van der Waals surface area contributed by atoms with Gasteiger partial charge in [0.05, 0.1) is 6.04 Å². The largest absolute Gasteiger partial charge is 0.352 e. The van der Waals surface area contributed by atoms with Gasteiger partial charge in [0.2, 0.25) is 5.91 Å². The van der Waals surface area contributed by atoms with Crippen molar-refractivity contribution in [1.29, 1.82) is 0 Å². The molecule has 1 rings (SSSR count). The Kier molecular flexibility index (Phi) is 6.34. The molecule has 0 aliphatic heterocycles. The summed E-state index contributed by atoms with van der Waals surface area (Å²) in [5.74, 6) is 0.296. The summed E-state index contributed by atoms with van der Waals surface area (Å²) < 4.78 is 0. The van der Waals surface area contributed by atoms with Gasteiger partial charge in [0.15, 0.2) is 0 Å². The Morgan fingerprint density at radius 1 is 1.41 bits per heavy atom. The molecule has 1 aliphatic rings. The summed E-state index contributed by atoms with van der Waals surface area (Å²) in [6.07, 6.45) is 7.75. The fraction of sp³-hybridized carbons (Fsp3) is 0.923. The molecule has 3 nitrogen and oxygen atoms in total. The number of hydrogen-bond donors (Lipinski definition) is 2. The minimum Gasteiger partial charge on any atom is -0.352 e. The van der Waals surface area contributed by atoms with Gasteiger partial charge in [0, 0.05) is 11.3 Å². The van der Waals surface area contributed by atoms with Crippen molar-refractivity contribution in [1.82, 2.24) is 5.32 Å². The second-order valence-electron chi connectivity index (χ2n) is 5.13. The molecule has 3 N–H and O–H groups in total. The zero-order valence-electron chi connectivity index (χ0n) is 11.2. The topological polar surface area (TPSA) is 55.1 Å². The van der Waals surface area contributed by atoms with E-state index in [1.54, 1.807) is 0 Å². The second-order valence-corrected chi connectivity index (χ2v) is 6.27. The number of carbonyl (C=O) groups excluding carboxylic acids is 1. The summed E-state index contributed by atoms with van der Waals surface area (Å²) in [6.45, 7) is 4.11. The van der Waals surface area contributed by atoms with Crippen LogP contribution < -0.4 is 11.1 Å². The van der Waals surface area contributed by atoms with E-state index < -0.39 is 0 Å². The molecule has 2 atom stereocenters. The zero-order chi connectivity index (χ0) is 12.8. The van der Waals surface area contributed by atoms with Crippen molar-refractivity contribution in [2.45, 2.75) is 63.3 Å². The molecule has 4 heteroatoms. The van der Waals surface area contributed by atoms with E-state index in [9.17, 15) is 4.79 Å². The molecular weight excluding hydrogens is 232 g/mol. The maximum absolute atomic E-state index is 11.9. The number of thioether (sulfide) groups is 1. The van der Waals surface area contributed by atoms with Crippen LogP contribution in [0, 0.1) is 5.92 Å². The predicted molar refractivity (Wildman–Crippen MR) is 75.1 cm³/mol. The van der Waals surface area contributed by atoms with Crippen molar-refractivity contribution in [3.8, 4) is 0 Å². The molecule has 0 spiro atoms. The molecule has 0 aromatic heterocycles. The Morgan fingerprint density at radius 2 is 2.00 bits per heavy atom. The Bertz CT molecular complexity index is 240. The standard InChI is InChI=1S/C13H26N2OS/c1-4-9(2)12(14)13(16)15-10-5-7-11(17-3)8-6-10/h9-12H,4-8,14H2,1-3H3,(H,15,16)/t9-,10?,11?,12-/m0/s1. The first kappa shape index (κ1) is 14.8. The minimum atomic E-state index is -0.349. The predicted octanol–water partition coefficient (Wildman–Crippen LogP) is 2.15. The van der Waals surface area contributed by atoms with Gasteiger partial charge in [-0.2, -0.15) is 11.8 Å².